The molecule has 26 heavy (non-hydrogen) atoms. The Kier molecular flexibility index (Phi) is 4.63. The Morgan fingerprint density at radius 2 is 1.81 bits per heavy atom. The van der Waals surface area contributed by atoms with Crippen molar-refractivity contribution in [2.75, 3.05) is 32.7 Å². The first-order valence-electron chi connectivity index (χ1n) is 9.41. The number of nitrogens with zero attached hydrogens (tertiary/aromatic N) is 3. The van der Waals surface area contributed by atoms with Gasteiger partial charge in [-0.1, -0.05) is 30.3 Å². The number of rotatable bonds is 3. The van der Waals surface area contributed by atoms with Crippen LogP contribution in [0.2, 0.25) is 0 Å². The van der Waals surface area contributed by atoms with E-state index in [9.17, 15) is 14.4 Å². The van der Waals surface area contributed by atoms with E-state index in [-0.39, 0.29) is 30.3 Å². The summed E-state index contributed by atoms with van der Waals surface area (Å²) in [5, 5.41) is 2.24. The Morgan fingerprint density at radius 1 is 1.08 bits per heavy atom. The van der Waals surface area contributed by atoms with Gasteiger partial charge in [0.05, 0.1) is 26.2 Å². The van der Waals surface area contributed by atoms with Crippen molar-refractivity contribution >= 4 is 17.8 Å². The number of imide groups is 1. The average Bonchev–Trinajstić information content (AvgIpc) is 2.93. The quantitative estimate of drug-likeness (QED) is 0.750. The van der Waals surface area contributed by atoms with Crippen molar-refractivity contribution < 1.29 is 19.7 Å². The number of amides is 4. The van der Waals surface area contributed by atoms with Gasteiger partial charge in [0.2, 0.25) is 5.91 Å². The smallest absolute Gasteiger partial charge is 0.327 e. The lowest BCUT2D eigenvalue weighted by molar-refractivity contribution is -0.664. The maximum Gasteiger partial charge on any atom is 0.327 e. The van der Waals surface area contributed by atoms with Crippen molar-refractivity contribution in [1.82, 2.24) is 14.7 Å². The number of carbonyl (C=O) groups excluding carboxylic acids is 3. The Hall–Kier alpha value is -2.41. The lowest BCUT2D eigenvalue weighted by Crippen LogP contribution is -2.86. The fourth-order valence-corrected chi connectivity index (χ4v) is 4.20. The summed E-state index contributed by atoms with van der Waals surface area (Å²) in [7, 11) is 0. The number of benzene rings is 1. The third kappa shape index (κ3) is 3.07. The van der Waals surface area contributed by atoms with Crippen molar-refractivity contribution in [3.05, 3.63) is 35.9 Å². The fraction of sp³-hybridized carbons (Fsp3) is 0.526. The minimum Gasteiger partial charge on any atom is -0.346 e. The zero-order chi connectivity index (χ0) is 18.1. The van der Waals surface area contributed by atoms with E-state index < -0.39 is 6.04 Å². The summed E-state index contributed by atoms with van der Waals surface area (Å²) in [6, 6.07) is 8.77. The maximum atomic E-state index is 12.8. The third-order valence-corrected chi connectivity index (χ3v) is 5.69. The van der Waals surface area contributed by atoms with E-state index in [0.29, 0.717) is 19.6 Å². The Morgan fingerprint density at radius 3 is 2.54 bits per heavy atom. The molecule has 3 aliphatic heterocycles. The number of urea groups is 1. The molecule has 0 aromatic heterocycles. The van der Waals surface area contributed by atoms with E-state index in [1.54, 1.807) is 9.80 Å². The summed E-state index contributed by atoms with van der Waals surface area (Å²) < 4.78 is 0. The monoisotopic (exact) mass is 357 g/mol. The van der Waals surface area contributed by atoms with Crippen molar-refractivity contribution in [1.29, 1.82) is 0 Å². The summed E-state index contributed by atoms with van der Waals surface area (Å²) in [4.78, 5) is 43.0. The van der Waals surface area contributed by atoms with E-state index in [0.717, 1.165) is 31.5 Å². The molecule has 0 spiro atoms. The highest BCUT2D eigenvalue weighted by molar-refractivity contribution is 6.04. The van der Waals surface area contributed by atoms with Crippen molar-refractivity contribution in [3.63, 3.8) is 0 Å². The molecular weight excluding hydrogens is 332 g/mol. The number of hydrogen-bond donors (Lipinski definition) is 1. The van der Waals surface area contributed by atoms with E-state index in [4.69, 9.17) is 0 Å². The van der Waals surface area contributed by atoms with Gasteiger partial charge in [0, 0.05) is 31.8 Å². The van der Waals surface area contributed by atoms with E-state index in [2.05, 4.69) is 5.32 Å². The van der Waals surface area contributed by atoms with Gasteiger partial charge in [-0.3, -0.25) is 14.5 Å². The Labute approximate surface area is 152 Å². The van der Waals surface area contributed by atoms with Gasteiger partial charge >= 0.3 is 6.03 Å². The molecule has 0 bridgehead atoms. The topological polar surface area (TPSA) is 77.5 Å². The van der Waals surface area contributed by atoms with Crippen LogP contribution in [0.4, 0.5) is 4.79 Å². The second-order valence-electron chi connectivity index (χ2n) is 7.33. The molecule has 138 valence electrons. The van der Waals surface area contributed by atoms with Gasteiger partial charge in [-0.05, 0) is 5.56 Å². The first kappa shape index (κ1) is 17.0. The lowest BCUT2D eigenvalue weighted by atomic mass is 9.96. The second kappa shape index (κ2) is 7.07. The molecule has 0 unspecified atom stereocenters. The first-order valence-corrected chi connectivity index (χ1v) is 9.41. The maximum absolute atomic E-state index is 12.8. The fourth-order valence-electron chi connectivity index (χ4n) is 4.20. The first-order chi connectivity index (χ1) is 12.6. The molecule has 1 atom stereocenters. The highest BCUT2D eigenvalue weighted by atomic mass is 16.2. The SMILES string of the molecule is O=C(C1CC[NH2+]CC1)N1CCN2C(=O)N(Cc3ccccc3)C(=O)[C@H]2C1. The van der Waals surface area contributed by atoms with Crippen molar-refractivity contribution in [2.24, 2.45) is 5.92 Å². The number of quaternary nitrogens is 1. The van der Waals surface area contributed by atoms with Crippen LogP contribution in [0.3, 0.4) is 0 Å². The van der Waals surface area contributed by atoms with Crippen LogP contribution in [0.1, 0.15) is 18.4 Å². The van der Waals surface area contributed by atoms with E-state index >= 15 is 0 Å². The molecule has 2 N–H and O–H groups in total. The molecule has 4 rings (SSSR count). The molecule has 1 aromatic carbocycles. The van der Waals surface area contributed by atoms with Gasteiger partial charge in [-0.2, -0.15) is 0 Å². The highest BCUT2D eigenvalue weighted by Gasteiger charge is 2.48. The highest BCUT2D eigenvalue weighted by Crippen LogP contribution is 2.25. The predicted molar refractivity (Wildman–Crippen MR) is 93.8 cm³/mol. The van der Waals surface area contributed by atoms with Crippen LogP contribution in [0.5, 0.6) is 0 Å². The van der Waals surface area contributed by atoms with E-state index in [1.165, 1.54) is 4.90 Å². The van der Waals surface area contributed by atoms with Crippen LogP contribution in [0.25, 0.3) is 0 Å². The Balaban J connectivity index is 1.44. The molecule has 0 radical (unpaired) electrons. The lowest BCUT2D eigenvalue weighted by Gasteiger charge is -2.37. The molecule has 3 fully saturated rings. The number of hydrogen-bond acceptors (Lipinski definition) is 3. The molecule has 0 saturated carbocycles. The van der Waals surface area contributed by atoms with Crippen LogP contribution in [0.15, 0.2) is 30.3 Å². The number of piperidine rings is 1. The van der Waals surface area contributed by atoms with Gasteiger partial charge in [-0.25, -0.2) is 4.79 Å². The molecule has 7 heteroatoms. The van der Waals surface area contributed by atoms with Gasteiger partial charge < -0.3 is 15.1 Å². The molecule has 4 amide bonds. The minimum atomic E-state index is -0.529. The normalized spacial score (nSPS) is 24.2. The number of fused-ring (bicyclic) bond motifs is 1. The zero-order valence-electron chi connectivity index (χ0n) is 14.8. The average molecular weight is 357 g/mol. The zero-order valence-corrected chi connectivity index (χ0v) is 14.8. The molecule has 3 aliphatic rings. The van der Waals surface area contributed by atoms with Crippen LogP contribution in [-0.2, 0) is 16.1 Å². The molecular formula is C19H25N4O3+. The van der Waals surface area contributed by atoms with E-state index in [1.807, 2.05) is 30.3 Å². The molecule has 0 aliphatic carbocycles. The van der Waals surface area contributed by atoms with Gasteiger partial charge in [0.25, 0.3) is 5.91 Å². The minimum absolute atomic E-state index is 0.0687. The number of nitrogens with two attached hydrogens (primary N) is 1. The van der Waals surface area contributed by atoms with Crippen molar-refractivity contribution in [3.8, 4) is 0 Å². The van der Waals surface area contributed by atoms with Gasteiger partial charge in [-0.15, -0.1) is 0 Å². The summed E-state index contributed by atoms with van der Waals surface area (Å²) in [5.41, 5.74) is 0.931. The number of carbonyl (C=O) groups is 3. The largest absolute Gasteiger partial charge is 0.346 e. The van der Waals surface area contributed by atoms with Crippen LogP contribution in [-0.4, -0.2) is 71.3 Å². The molecule has 1 aromatic rings. The van der Waals surface area contributed by atoms with Crippen LogP contribution >= 0.6 is 0 Å². The van der Waals surface area contributed by atoms with Gasteiger partial charge in [0.1, 0.15) is 6.04 Å². The second-order valence-corrected chi connectivity index (χ2v) is 7.33. The predicted octanol–water partition coefficient (Wildman–Crippen LogP) is -0.365. The molecule has 3 heterocycles. The third-order valence-electron chi connectivity index (χ3n) is 5.69. The molecule has 3 saturated heterocycles. The standard InChI is InChI=1S/C19H24N4O3/c24-17(15-6-8-20-9-7-15)21-10-11-22-16(13-21)18(25)23(19(22)26)12-14-4-2-1-3-5-14/h1-5,15-16,20H,6-13H2/p+1/t16-/m1/s1. The van der Waals surface area contributed by atoms with Crippen LogP contribution < -0.4 is 5.32 Å². The summed E-state index contributed by atoms with van der Waals surface area (Å²) in [5.74, 6) is 0.0343. The Bertz CT molecular complexity index is 702. The summed E-state index contributed by atoms with van der Waals surface area (Å²) >= 11 is 0. The van der Waals surface area contributed by atoms with Crippen molar-refractivity contribution in [2.45, 2.75) is 25.4 Å². The summed E-state index contributed by atoms with van der Waals surface area (Å²) in [6.45, 7) is 3.55. The summed E-state index contributed by atoms with van der Waals surface area (Å²) in [6.07, 6.45) is 1.80. The molecule has 7 nitrogen and oxygen atoms in total. The van der Waals surface area contributed by atoms with Gasteiger partial charge in [0.15, 0.2) is 0 Å². The number of piperazine rings is 1. The van der Waals surface area contributed by atoms with Crippen LogP contribution in [0, 0.1) is 5.92 Å².